The average Bonchev–Trinajstić information content (AvgIpc) is 2.96. The van der Waals surface area contributed by atoms with Gasteiger partial charge in [-0.2, -0.15) is 0 Å². The second kappa shape index (κ2) is 11.2. The van der Waals surface area contributed by atoms with Gasteiger partial charge >= 0.3 is 5.97 Å². The number of benzene rings is 2. The molecule has 0 bridgehead atoms. The Morgan fingerprint density at radius 3 is 2.30 bits per heavy atom. The molecule has 3 aliphatic carbocycles. The highest BCUT2D eigenvalue weighted by Gasteiger charge is 2.63. The van der Waals surface area contributed by atoms with E-state index in [0.29, 0.717) is 31.5 Å². The first-order valence-corrected chi connectivity index (χ1v) is 14.8. The molecule has 1 amide bonds. The number of ether oxygens (including phenoxy) is 1. The van der Waals surface area contributed by atoms with Gasteiger partial charge in [-0.15, -0.1) is 4.91 Å². The van der Waals surface area contributed by atoms with Crippen LogP contribution < -0.4 is 10.6 Å². The summed E-state index contributed by atoms with van der Waals surface area (Å²) in [5.41, 5.74) is 3.91. The fraction of sp³-hybridized carbons (Fsp3) is 0.355. The highest BCUT2D eigenvalue weighted by atomic mass is 127. The molecule has 0 saturated carbocycles. The summed E-state index contributed by atoms with van der Waals surface area (Å²) in [5.74, 6) is -5.31. The van der Waals surface area contributed by atoms with Crippen LogP contribution in [-0.2, 0) is 20.7 Å². The van der Waals surface area contributed by atoms with E-state index in [9.17, 15) is 34.3 Å². The molecule has 0 radical (unpaired) electrons. The van der Waals surface area contributed by atoms with E-state index in [1.54, 1.807) is 51.3 Å². The molecule has 44 heavy (non-hydrogen) atoms. The lowest BCUT2D eigenvalue weighted by Gasteiger charge is -2.50. The number of amides is 1. The van der Waals surface area contributed by atoms with Gasteiger partial charge in [0.2, 0.25) is 5.78 Å². The summed E-state index contributed by atoms with van der Waals surface area (Å²) in [6.45, 7) is 0. The number of hydrogen-bond donors (Lipinski definition) is 3. The fourth-order valence-corrected chi connectivity index (χ4v) is 8.39. The number of likely N-dealkylation sites (N-methyl/N-ethyl adjacent to an activating group) is 1. The number of carbonyl (C=O) groups is 4. The number of hydrogen-bond acceptors (Lipinski definition) is 11. The smallest absolute Gasteiger partial charge is 0.337 e. The van der Waals surface area contributed by atoms with Crippen molar-refractivity contribution in [2.45, 2.75) is 24.5 Å². The van der Waals surface area contributed by atoms with Crippen molar-refractivity contribution in [3.63, 3.8) is 0 Å². The zero-order valence-electron chi connectivity index (χ0n) is 24.7. The Balaban J connectivity index is 1.75. The van der Waals surface area contributed by atoms with Crippen molar-refractivity contribution in [2.75, 3.05) is 40.2 Å². The van der Waals surface area contributed by atoms with Crippen molar-refractivity contribution in [2.24, 2.45) is 22.7 Å². The molecule has 2 aromatic rings. The van der Waals surface area contributed by atoms with Crippen LogP contribution in [0.4, 0.5) is 5.69 Å². The largest absolute Gasteiger partial charge is 0.507 e. The molecular weight excluding hydrogens is 683 g/mol. The van der Waals surface area contributed by atoms with Crippen molar-refractivity contribution < 1.29 is 34.1 Å². The SMILES string of the molecule is COC(=O)c1ccc(-c2cc(N(C)C)c3c(c2O)C(=O)C2=C(N=O)[C@]4(O)C(=O)C(C(N)=O)=C(I)[C@@H](N(C)C)[C@@H]4C[C@@H]2C3)cc1. The molecule has 0 aromatic heterocycles. The van der Waals surface area contributed by atoms with Gasteiger partial charge in [0.1, 0.15) is 11.4 Å². The Labute approximate surface area is 266 Å². The molecule has 13 heteroatoms. The number of fused-ring (bicyclic) bond motifs is 3. The van der Waals surface area contributed by atoms with Gasteiger partial charge in [0.25, 0.3) is 5.91 Å². The van der Waals surface area contributed by atoms with Crippen LogP contribution in [0.5, 0.6) is 5.75 Å². The zero-order valence-corrected chi connectivity index (χ0v) is 26.8. The van der Waals surface area contributed by atoms with Crippen LogP contribution in [0.1, 0.15) is 32.7 Å². The topological polar surface area (TPSA) is 180 Å². The zero-order chi connectivity index (χ0) is 32.4. The molecule has 0 aliphatic heterocycles. The first-order chi connectivity index (χ1) is 20.7. The number of Topliss-reactive ketones (excluding diaryl/α,β-unsaturated/α-hetero) is 2. The first-order valence-electron chi connectivity index (χ1n) is 13.7. The van der Waals surface area contributed by atoms with Crippen molar-refractivity contribution in [1.82, 2.24) is 4.90 Å². The van der Waals surface area contributed by atoms with Gasteiger partial charge < -0.3 is 30.5 Å². The number of anilines is 1. The Morgan fingerprint density at radius 1 is 1.14 bits per heavy atom. The van der Waals surface area contributed by atoms with E-state index in [0.717, 1.165) is 0 Å². The minimum Gasteiger partial charge on any atom is -0.507 e. The van der Waals surface area contributed by atoms with Gasteiger partial charge in [0.05, 0.1) is 23.8 Å². The number of aromatic hydroxyl groups is 1. The molecule has 0 spiro atoms. The van der Waals surface area contributed by atoms with E-state index in [-0.39, 0.29) is 29.7 Å². The Hall–Kier alpha value is -3.95. The third-order valence-electron chi connectivity index (χ3n) is 8.85. The Kier molecular flexibility index (Phi) is 8.01. The lowest BCUT2D eigenvalue weighted by atomic mass is 9.58. The number of primary amides is 1. The third kappa shape index (κ3) is 4.47. The molecule has 230 valence electrons. The molecule has 4 N–H and O–H groups in total. The van der Waals surface area contributed by atoms with E-state index in [4.69, 9.17) is 10.5 Å². The van der Waals surface area contributed by atoms with E-state index in [2.05, 4.69) is 5.18 Å². The highest BCUT2D eigenvalue weighted by Crippen LogP contribution is 2.55. The summed E-state index contributed by atoms with van der Waals surface area (Å²) in [5, 5.41) is 26.7. The van der Waals surface area contributed by atoms with Crippen molar-refractivity contribution in [1.29, 1.82) is 0 Å². The quantitative estimate of drug-likeness (QED) is 0.174. The van der Waals surface area contributed by atoms with E-state index < -0.39 is 58.2 Å². The minimum atomic E-state index is -2.59. The van der Waals surface area contributed by atoms with E-state index in [1.807, 2.05) is 27.5 Å². The Bertz CT molecular complexity index is 1710. The second-order valence-electron chi connectivity index (χ2n) is 11.6. The van der Waals surface area contributed by atoms with Crippen molar-refractivity contribution in [3.05, 3.63) is 72.4 Å². The Morgan fingerprint density at radius 2 is 1.77 bits per heavy atom. The summed E-state index contributed by atoms with van der Waals surface area (Å²) < 4.78 is 5.10. The molecule has 12 nitrogen and oxygen atoms in total. The maximum absolute atomic E-state index is 14.4. The lowest BCUT2D eigenvalue weighted by molar-refractivity contribution is -0.142. The molecule has 4 atom stereocenters. The number of carbonyl (C=O) groups excluding carboxylic acids is 4. The van der Waals surface area contributed by atoms with Gasteiger partial charge in [0, 0.05) is 46.5 Å². The van der Waals surface area contributed by atoms with Gasteiger partial charge in [-0.3, -0.25) is 14.4 Å². The summed E-state index contributed by atoms with van der Waals surface area (Å²) in [6.07, 6.45) is 0.329. The summed E-state index contributed by atoms with van der Waals surface area (Å²) in [7, 11) is 8.29. The molecule has 3 aliphatic rings. The molecule has 0 unspecified atom stereocenters. The summed E-state index contributed by atoms with van der Waals surface area (Å²) in [6, 6.07) is 7.35. The fourth-order valence-electron chi connectivity index (χ4n) is 6.89. The number of nitrogens with zero attached hydrogens (tertiary/aromatic N) is 3. The number of phenols is 1. The van der Waals surface area contributed by atoms with Gasteiger partial charge in [-0.05, 0) is 89.9 Å². The number of methoxy groups -OCH3 is 1. The molecular formula is C31H31IN4O8. The number of esters is 1. The normalized spacial score (nSPS) is 24.5. The average molecular weight is 715 g/mol. The van der Waals surface area contributed by atoms with Crippen LogP contribution in [-0.4, -0.2) is 85.5 Å². The van der Waals surface area contributed by atoms with Gasteiger partial charge in [-0.25, -0.2) is 4.79 Å². The van der Waals surface area contributed by atoms with Crippen LogP contribution in [0.3, 0.4) is 0 Å². The van der Waals surface area contributed by atoms with Crippen LogP contribution in [0, 0.1) is 16.7 Å². The number of phenolic OH excluding ortho intramolecular Hbond substituents is 1. The number of rotatable bonds is 6. The first kappa shape index (κ1) is 31.5. The predicted octanol–water partition coefficient (Wildman–Crippen LogP) is 2.73. The standard InChI is InChI=1S/C31H31IN4O8/c1-35(2)19-12-16(13-6-8-14(9-7-13)30(41)44-5)25(37)21-17(19)10-15-11-18-24(36(3)4)23(32)22(29(33)40)28(39)31(18,42)27(34-43)20(15)26(21)38/h6-9,12,15,18,24,37,42H,10-11H2,1-5H3,(H2,33,40)/t15-,18-,24-,31-/m0/s1. The van der Waals surface area contributed by atoms with Crippen LogP contribution in [0.2, 0.25) is 0 Å². The molecule has 5 rings (SSSR count). The third-order valence-corrected chi connectivity index (χ3v) is 10.0. The van der Waals surface area contributed by atoms with Crippen LogP contribution >= 0.6 is 22.6 Å². The highest BCUT2D eigenvalue weighted by molar-refractivity contribution is 14.1. The van der Waals surface area contributed by atoms with Crippen LogP contribution in [0.15, 0.2) is 55.9 Å². The maximum Gasteiger partial charge on any atom is 0.337 e. The molecule has 2 aromatic carbocycles. The lowest BCUT2D eigenvalue weighted by Crippen LogP contribution is -2.63. The van der Waals surface area contributed by atoms with E-state index in [1.165, 1.54) is 19.2 Å². The number of ketones is 2. The minimum absolute atomic E-state index is 0.0784. The van der Waals surface area contributed by atoms with Crippen molar-refractivity contribution in [3.8, 4) is 16.9 Å². The number of halogens is 1. The molecule has 0 saturated heterocycles. The summed E-state index contributed by atoms with van der Waals surface area (Å²) >= 11 is 1.88. The second-order valence-corrected chi connectivity index (χ2v) is 12.8. The number of nitroso groups, excluding NO2 is 1. The monoisotopic (exact) mass is 714 g/mol. The predicted molar refractivity (Wildman–Crippen MR) is 169 cm³/mol. The van der Waals surface area contributed by atoms with Crippen LogP contribution in [0.25, 0.3) is 11.1 Å². The molecule has 0 heterocycles. The van der Waals surface area contributed by atoms with Gasteiger partial charge in [-0.1, -0.05) is 12.1 Å². The van der Waals surface area contributed by atoms with Crippen molar-refractivity contribution >= 4 is 51.7 Å². The number of nitrogens with two attached hydrogens (primary N) is 1. The van der Waals surface area contributed by atoms with E-state index >= 15 is 0 Å². The van der Waals surface area contributed by atoms with Gasteiger partial charge in [0.15, 0.2) is 11.4 Å². The number of allylic oxidation sites excluding steroid dienone is 1. The molecule has 0 fully saturated rings. The maximum atomic E-state index is 14.4. The summed E-state index contributed by atoms with van der Waals surface area (Å²) in [4.78, 5) is 68.6. The number of aliphatic hydroxyl groups is 1.